The predicted molar refractivity (Wildman–Crippen MR) is 215 cm³/mol. The fourth-order valence-corrected chi connectivity index (χ4v) is 8.89. The molecular formula is C45H30N4S. The summed E-state index contributed by atoms with van der Waals surface area (Å²) in [6.45, 7) is 0. The van der Waals surface area contributed by atoms with Crippen LogP contribution in [0.1, 0.15) is 5.56 Å². The van der Waals surface area contributed by atoms with E-state index in [-0.39, 0.29) is 0 Å². The van der Waals surface area contributed by atoms with Crippen molar-refractivity contribution in [1.29, 1.82) is 5.41 Å². The van der Waals surface area contributed by atoms with Crippen LogP contribution in [0.2, 0.25) is 0 Å². The zero-order chi connectivity index (χ0) is 33.2. The molecule has 0 unspecified atom stereocenters. The average Bonchev–Trinajstić information content (AvgIpc) is 3.82. The van der Waals surface area contributed by atoms with Gasteiger partial charge in [-0.3, -0.25) is 10.1 Å². The van der Waals surface area contributed by atoms with Crippen LogP contribution in [-0.2, 0) is 0 Å². The summed E-state index contributed by atoms with van der Waals surface area (Å²) in [5.74, 6) is 0. The van der Waals surface area contributed by atoms with E-state index in [0.29, 0.717) is 0 Å². The molecule has 3 heterocycles. The molecule has 0 fully saturated rings. The van der Waals surface area contributed by atoms with E-state index in [4.69, 9.17) is 5.41 Å². The van der Waals surface area contributed by atoms with Crippen LogP contribution in [-0.4, -0.2) is 15.5 Å². The van der Waals surface area contributed by atoms with Crippen molar-refractivity contribution in [2.45, 2.75) is 0 Å². The number of hydrogen-bond donors (Lipinski definition) is 2. The molecule has 0 atom stereocenters. The number of nitrogens with zero attached hydrogens (tertiary/aromatic N) is 2. The highest BCUT2D eigenvalue weighted by atomic mass is 32.1. The van der Waals surface area contributed by atoms with Crippen LogP contribution >= 0.6 is 11.3 Å². The normalized spacial score (nSPS) is 12.2. The van der Waals surface area contributed by atoms with Crippen molar-refractivity contribution in [3.8, 4) is 16.8 Å². The molecule has 0 aliphatic rings. The lowest BCUT2D eigenvalue weighted by atomic mass is 10.0. The number of thiophene rings is 1. The van der Waals surface area contributed by atoms with Crippen LogP contribution in [0.15, 0.2) is 164 Å². The molecule has 3 aromatic heterocycles. The van der Waals surface area contributed by atoms with Gasteiger partial charge >= 0.3 is 0 Å². The van der Waals surface area contributed by atoms with Crippen molar-refractivity contribution in [1.82, 2.24) is 9.24 Å². The van der Waals surface area contributed by atoms with Crippen LogP contribution in [0.25, 0.3) is 86.3 Å². The van der Waals surface area contributed by atoms with Crippen molar-refractivity contribution >= 4 is 87.0 Å². The van der Waals surface area contributed by atoms with Crippen LogP contribution in [0.5, 0.6) is 0 Å². The minimum absolute atomic E-state index is 0.837. The molecule has 5 heteroatoms. The Balaban J connectivity index is 1.10. The summed E-state index contributed by atoms with van der Waals surface area (Å²) in [4.78, 5) is 0. The van der Waals surface area contributed by atoms with Crippen LogP contribution in [0.3, 0.4) is 0 Å². The summed E-state index contributed by atoms with van der Waals surface area (Å²) >= 11 is 1.86. The SMILES string of the molecule is N=C/C=C(\Nn1c2ccccc2c2cc(-c3cccc4c3sc3ccccc34)ccc21)c1cccc(-n2c3ccccc3c3ccccc32)c1. The van der Waals surface area contributed by atoms with Gasteiger partial charge in [-0.1, -0.05) is 109 Å². The monoisotopic (exact) mass is 658 g/mol. The van der Waals surface area contributed by atoms with E-state index in [1.165, 1.54) is 70.1 Å². The molecule has 0 radical (unpaired) electrons. The highest BCUT2D eigenvalue weighted by Gasteiger charge is 2.17. The van der Waals surface area contributed by atoms with Gasteiger partial charge < -0.3 is 9.98 Å². The lowest BCUT2D eigenvalue weighted by Crippen LogP contribution is -2.13. The molecule has 0 aliphatic heterocycles. The quantitative estimate of drug-likeness (QED) is 0.172. The Hall–Kier alpha value is -6.43. The first-order valence-corrected chi connectivity index (χ1v) is 17.6. The minimum atomic E-state index is 0.837. The molecule has 0 bridgehead atoms. The number of aromatic nitrogens is 2. The molecular weight excluding hydrogens is 629 g/mol. The average molecular weight is 659 g/mol. The first kappa shape index (κ1) is 28.6. The van der Waals surface area contributed by atoms with Gasteiger partial charge in [0, 0.05) is 59.2 Å². The van der Waals surface area contributed by atoms with Gasteiger partial charge in [0.05, 0.1) is 27.8 Å². The van der Waals surface area contributed by atoms with Crippen LogP contribution in [0.4, 0.5) is 0 Å². The van der Waals surface area contributed by atoms with Crippen molar-refractivity contribution in [3.05, 3.63) is 169 Å². The van der Waals surface area contributed by atoms with Crippen molar-refractivity contribution in [2.75, 3.05) is 5.43 Å². The smallest absolute Gasteiger partial charge is 0.0710 e. The molecule has 7 aromatic carbocycles. The second-order valence-corrected chi connectivity index (χ2v) is 13.7. The number of fused-ring (bicyclic) bond motifs is 9. The zero-order valence-electron chi connectivity index (χ0n) is 27.0. The fourth-order valence-electron chi connectivity index (χ4n) is 7.65. The molecule has 0 saturated carbocycles. The Labute approximate surface area is 292 Å². The molecule has 50 heavy (non-hydrogen) atoms. The number of hydrogen-bond acceptors (Lipinski definition) is 3. The van der Waals surface area contributed by atoms with Gasteiger partial charge in [-0.25, -0.2) is 0 Å². The van der Waals surface area contributed by atoms with Gasteiger partial charge in [0.1, 0.15) is 0 Å². The maximum atomic E-state index is 8.12. The third kappa shape index (κ3) is 4.34. The van der Waals surface area contributed by atoms with Crippen molar-refractivity contribution in [2.24, 2.45) is 0 Å². The molecule has 10 rings (SSSR count). The second kappa shape index (κ2) is 11.3. The summed E-state index contributed by atoms with van der Waals surface area (Å²) in [5.41, 5.74) is 13.6. The number of allylic oxidation sites excluding steroid dienone is 1. The molecule has 10 aromatic rings. The predicted octanol–water partition coefficient (Wildman–Crippen LogP) is 12.2. The maximum absolute atomic E-state index is 8.12. The van der Waals surface area contributed by atoms with E-state index in [1.54, 1.807) is 0 Å². The Kier molecular flexibility index (Phi) is 6.48. The fraction of sp³-hybridized carbons (Fsp3) is 0. The third-order valence-corrected chi connectivity index (χ3v) is 11.1. The standard InChI is InChI=1S/C45H30N4S/c46-26-25-39(30-11-9-12-31(27-30)48-40-19-5-1-13-33(40)34-14-2-6-20-41(34)48)47-49-42-21-7-3-15-35(42)38-28-29(23-24-43(38)49)32-17-10-18-37-36-16-4-8-22-44(36)50-45(32)37/h1-28,46-47H/b39-25-,46-26?. The van der Waals surface area contributed by atoms with Gasteiger partial charge in [-0.15, -0.1) is 11.3 Å². The number of nitrogens with one attached hydrogen (secondary N) is 2. The van der Waals surface area contributed by atoms with Gasteiger partial charge in [0.15, 0.2) is 0 Å². The van der Waals surface area contributed by atoms with Crippen molar-refractivity contribution < 1.29 is 0 Å². The van der Waals surface area contributed by atoms with E-state index in [1.807, 2.05) is 17.4 Å². The molecule has 4 nitrogen and oxygen atoms in total. The summed E-state index contributed by atoms with van der Waals surface area (Å²) in [5, 5.41) is 15.5. The number of benzene rings is 7. The van der Waals surface area contributed by atoms with E-state index < -0.39 is 0 Å². The molecule has 0 spiro atoms. The second-order valence-electron chi connectivity index (χ2n) is 12.6. The van der Waals surface area contributed by atoms with Gasteiger partial charge in [-0.2, -0.15) is 0 Å². The summed E-state index contributed by atoms with van der Waals surface area (Å²) < 4.78 is 7.12. The molecule has 236 valence electrons. The summed E-state index contributed by atoms with van der Waals surface area (Å²) in [7, 11) is 0. The highest BCUT2D eigenvalue weighted by Crippen LogP contribution is 2.41. The van der Waals surface area contributed by atoms with E-state index in [2.05, 4.69) is 172 Å². The molecule has 0 aliphatic carbocycles. The van der Waals surface area contributed by atoms with E-state index in [9.17, 15) is 0 Å². The van der Waals surface area contributed by atoms with E-state index >= 15 is 0 Å². The Bertz CT molecular complexity index is 2940. The first-order valence-electron chi connectivity index (χ1n) is 16.8. The van der Waals surface area contributed by atoms with Crippen LogP contribution < -0.4 is 5.43 Å². The number of para-hydroxylation sites is 3. The summed E-state index contributed by atoms with van der Waals surface area (Å²) in [6.07, 6.45) is 3.19. The Morgan fingerprint density at radius 3 is 1.92 bits per heavy atom. The number of rotatable bonds is 6. The lowest BCUT2D eigenvalue weighted by molar-refractivity contribution is 1.06. The Morgan fingerprint density at radius 1 is 0.540 bits per heavy atom. The topological polar surface area (TPSA) is 45.7 Å². The summed E-state index contributed by atoms with van der Waals surface area (Å²) in [6, 6.07) is 56.4. The van der Waals surface area contributed by atoms with Gasteiger partial charge in [0.25, 0.3) is 0 Å². The minimum Gasteiger partial charge on any atom is -0.309 e. The highest BCUT2D eigenvalue weighted by molar-refractivity contribution is 7.26. The zero-order valence-corrected chi connectivity index (χ0v) is 27.8. The van der Waals surface area contributed by atoms with Gasteiger partial charge in [0.2, 0.25) is 0 Å². The molecule has 0 amide bonds. The van der Waals surface area contributed by atoms with Gasteiger partial charge in [-0.05, 0) is 65.7 Å². The van der Waals surface area contributed by atoms with E-state index in [0.717, 1.165) is 28.0 Å². The molecule has 0 saturated heterocycles. The van der Waals surface area contributed by atoms with Crippen LogP contribution in [0, 0.1) is 5.41 Å². The largest absolute Gasteiger partial charge is 0.309 e. The lowest BCUT2D eigenvalue weighted by Gasteiger charge is -2.16. The third-order valence-electron chi connectivity index (χ3n) is 9.87. The maximum Gasteiger partial charge on any atom is 0.0710 e. The molecule has 2 N–H and O–H groups in total. The van der Waals surface area contributed by atoms with Crippen molar-refractivity contribution in [3.63, 3.8) is 0 Å². The first-order chi connectivity index (χ1) is 24.8. The Morgan fingerprint density at radius 2 is 1.16 bits per heavy atom.